The Morgan fingerprint density at radius 2 is 1.90 bits per heavy atom. The number of likely N-dealkylation sites (N-methyl/N-ethyl adjacent to an activating group) is 1. The molecular formula is C29H32FN9O. The Bertz CT molecular complexity index is 1710. The number of amides is 1. The highest BCUT2D eigenvalue weighted by atomic mass is 19.1. The summed E-state index contributed by atoms with van der Waals surface area (Å²) in [6.07, 6.45) is 5.29. The van der Waals surface area contributed by atoms with Gasteiger partial charge in [-0.25, -0.2) is 14.4 Å². The first kappa shape index (κ1) is 25.9. The number of imidazole rings is 1. The Labute approximate surface area is 231 Å². The van der Waals surface area contributed by atoms with Crippen LogP contribution in [0.2, 0.25) is 0 Å². The average molecular weight is 542 g/mol. The van der Waals surface area contributed by atoms with E-state index < -0.39 is 5.82 Å². The largest absolute Gasteiger partial charge is 0.352 e. The molecule has 11 heteroatoms. The van der Waals surface area contributed by atoms with Gasteiger partial charge in [0.1, 0.15) is 17.0 Å². The molecule has 40 heavy (non-hydrogen) atoms. The number of pyridine rings is 2. The Morgan fingerprint density at radius 1 is 1.10 bits per heavy atom. The van der Waals surface area contributed by atoms with Crippen LogP contribution in [0.25, 0.3) is 44.6 Å². The minimum absolute atomic E-state index is 0.116. The van der Waals surface area contributed by atoms with E-state index in [4.69, 9.17) is 4.98 Å². The molecule has 0 radical (unpaired) electrons. The van der Waals surface area contributed by atoms with Gasteiger partial charge in [0.15, 0.2) is 11.6 Å². The molecule has 1 aliphatic rings. The zero-order valence-corrected chi connectivity index (χ0v) is 23.0. The molecule has 1 fully saturated rings. The topological polar surface area (TPSA) is 119 Å². The van der Waals surface area contributed by atoms with Crippen molar-refractivity contribution in [3.05, 3.63) is 48.7 Å². The number of H-pyrrole nitrogens is 2. The van der Waals surface area contributed by atoms with Crippen LogP contribution in [0.1, 0.15) is 27.2 Å². The van der Waals surface area contributed by atoms with Crippen molar-refractivity contribution in [3.8, 4) is 22.6 Å². The van der Waals surface area contributed by atoms with Crippen LogP contribution in [0.4, 0.5) is 15.9 Å². The van der Waals surface area contributed by atoms with Gasteiger partial charge in [0.2, 0.25) is 5.91 Å². The quantitative estimate of drug-likeness (QED) is 0.292. The lowest BCUT2D eigenvalue weighted by Crippen LogP contribution is -2.44. The normalized spacial score (nSPS) is 14.8. The SMILES string of the molecule is CN1CCN(c2nccc3[nH]c(-c4n[nH]c5cc(F)c(-c6cncc(NC(=O)CC(C)(C)C)c6)cc45)nc23)CC1. The molecule has 5 heterocycles. The molecule has 1 aromatic carbocycles. The van der Waals surface area contributed by atoms with Crippen LogP contribution in [0.3, 0.4) is 0 Å². The van der Waals surface area contributed by atoms with E-state index in [1.54, 1.807) is 30.7 Å². The summed E-state index contributed by atoms with van der Waals surface area (Å²) in [5.74, 6) is 0.878. The molecule has 0 atom stereocenters. The summed E-state index contributed by atoms with van der Waals surface area (Å²) in [6.45, 7) is 9.68. The maximum absolute atomic E-state index is 15.3. The lowest BCUT2D eigenvalue weighted by Gasteiger charge is -2.33. The van der Waals surface area contributed by atoms with Crippen LogP contribution in [-0.2, 0) is 4.79 Å². The maximum atomic E-state index is 15.3. The van der Waals surface area contributed by atoms with Crippen molar-refractivity contribution < 1.29 is 9.18 Å². The Balaban J connectivity index is 1.35. The molecule has 0 saturated carbocycles. The van der Waals surface area contributed by atoms with Crippen molar-refractivity contribution in [1.29, 1.82) is 0 Å². The van der Waals surface area contributed by atoms with E-state index in [-0.39, 0.29) is 11.3 Å². The van der Waals surface area contributed by atoms with Gasteiger partial charge in [-0.05, 0) is 30.7 Å². The highest BCUT2D eigenvalue weighted by Gasteiger charge is 2.22. The lowest BCUT2D eigenvalue weighted by molar-refractivity contribution is -0.117. The van der Waals surface area contributed by atoms with Gasteiger partial charge < -0.3 is 20.1 Å². The van der Waals surface area contributed by atoms with Crippen molar-refractivity contribution in [2.24, 2.45) is 5.41 Å². The third-order valence-electron chi connectivity index (χ3n) is 7.08. The number of piperazine rings is 1. The second-order valence-electron chi connectivity index (χ2n) is 11.6. The van der Waals surface area contributed by atoms with Crippen LogP contribution in [0.5, 0.6) is 0 Å². The second-order valence-corrected chi connectivity index (χ2v) is 11.6. The molecule has 0 unspecified atom stereocenters. The molecular weight excluding hydrogens is 509 g/mol. The molecule has 1 saturated heterocycles. The summed E-state index contributed by atoms with van der Waals surface area (Å²) in [6, 6.07) is 6.79. The lowest BCUT2D eigenvalue weighted by atomic mass is 9.92. The van der Waals surface area contributed by atoms with Gasteiger partial charge in [-0.15, -0.1) is 0 Å². The third kappa shape index (κ3) is 5.12. The van der Waals surface area contributed by atoms with Gasteiger partial charge in [-0.2, -0.15) is 5.10 Å². The van der Waals surface area contributed by atoms with Crippen molar-refractivity contribution >= 4 is 39.3 Å². The minimum atomic E-state index is -0.422. The van der Waals surface area contributed by atoms with Gasteiger partial charge in [0, 0.05) is 67.6 Å². The Hall–Kier alpha value is -4.38. The van der Waals surface area contributed by atoms with Gasteiger partial charge in [-0.1, -0.05) is 20.8 Å². The second kappa shape index (κ2) is 9.98. The Morgan fingerprint density at radius 3 is 2.67 bits per heavy atom. The first-order chi connectivity index (χ1) is 19.1. The van der Waals surface area contributed by atoms with Gasteiger partial charge in [0.05, 0.1) is 22.9 Å². The highest BCUT2D eigenvalue weighted by Crippen LogP contribution is 2.34. The third-order valence-corrected chi connectivity index (χ3v) is 7.08. The number of hydrogen-bond donors (Lipinski definition) is 3. The predicted octanol–water partition coefficient (Wildman–Crippen LogP) is 4.83. The number of aromatic amines is 2. The molecule has 3 N–H and O–H groups in total. The van der Waals surface area contributed by atoms with Crippen LogP contribution >= 0.6 is 0 Å². The fourth-order valence-corrected chi connectivity index (χ4v) is 5.07. The number of fused-ring (bicyclic) bond motifs is 2. The smallest absolute Gasteiger partial charge is 0.224 e. The molecule has 5 aromatic rings. The van der Waals surface area contributed by atoms with Crippen molar-refractivity contribution in [3.63, 3.8) is 0 Å². The molecule has 4 aromatic heterocycles. The van der Waals surface area contributed by atoms with E-state index in [0.29, 0.717) is 45.7 Å². The van der Waals surface area contributed by atoms with Crippen LogP contribution in [0.15, 0.2) is 42.9 Å². The minimum Gasteiger partial charge on any atom is -0.352 e. The molecule has 1 aliphatic heterocycles. The number of halogens is 1. The van der Waals surface area contributed by atoms with E-state index in [1.807, 2.05) is 26.8 Å². The molecule has 0 spiro atoms. The van der Waals surface area contributed by atoms with Crippen LogP contribution < -0.4 is 10.2 Å². The van der Waals surface area contributed by atoms with Crippen molar-refractivity contribution in [2.75, 3.05) is 43.4 Å². The van der Waals surface area contributed by atoms with E-state index in [9.17, 15) is 4.79 Å². The van der Waals surface area contributed by atoms with Gasteiger partial charge in [-0.3, -0.25) is 14.9 Å². The van der Waals surface area contributed by atoms with Gasteiger partial charge >= 0.3 is 0 Å². The predicted molar refractivity (Wildman–Crippen MR) is 155 cm³/mol. The number of nitrogens with zero attached hydrogens (tertiary/aromatic N) is 6. The number of carbonyl (C=O) groups excluding carboxylic acids is 1. The number of aromatic nitrogens is 6. The summed E-state index contributed by atoms with van der Waals surface area (Å²) < 4.78 is 15.3. The summed E-state index contributed by atoms with van der Waals surface area (Å²) in [5, 5.41) is 11.0. The zero-order chi connectivity index (χ0) is 28.0. The highest BCUT2D eigenvalue weighted by molar-refractivity contribution is 5.97. The van der Waals surface area contributed by atoms with Crippen molar-refractivity contribution in [2.45, 2.75) is 27.2 Å². The zero-order valence-electron chi connectivity index (χ0n) is 23.0. The summed E-state index contributed by atoms with van der Waals surface area (Å²) in [7, 11) is 2.12. The molecule has 1 amide bonds. The van der Waals surface area contributed by atoms with E-state index >= 15 is 4.39 Å². The first-order valence-electron chi connectivity index (χ1n) is 13.4. The average Bonchev–Trinajstić information content (AvgIpc) is 3.51. The first-order valence-corrected chi connectivity index (χ1v) is 13.4. The number of nitrogens with one attached hydrogen (secondary N) is 3. The van der Waals surface area contributed by atoms with Crippen LogP contribution in [0, 0.1) is 11.2 Å². The fourth-order valence-electron chi connectivity index (χ4n) is 5.07. The van der Waals surface area contributed by atoms with Gasteiger partial charge in [0.25, 0.3) is 0 Å². The summed E-state index contributed by atoms with van der Waals surface area (Å²) >= 11 is 0. The molecule has 0 bridgehead atoms. The van der Waals surface area contributed by atoms with E-state index in [0.717, 1.165) is 43.0 Å². The molecule has 6 rings (SSSR count). The number of carbonyl (C=O) groups is 1. The summed E-state index contributed by atoms with van der Waals surface area (Å²) in [4.78, 5) is 34.2. The molecule has 0 aliphatic carbocycles. The number of benzene rings is 1. The summed E-state index contributed by atoms with van der Waals surface area (Å²) in [5.41, 5.74) is 4.04. The monoisotopic (exact) mass is 541 g/mol. The van der Waals surface area contributed by atoms with Crippen molar-refractivity contribution in [1.82, 2.24) is 35.0 Å². The number of hydrogen-bond acceptors (Lipinski definition) is 7. The standard InChI is InChI=1S/C29H32FN9O/c1-29(2,3)14-24(40)33-18-11-17(15-31-16-18)19-12-20-23(13-21(19)30)36-37-25(20)27-34-22-5-6-32-28(26(22)35-27)39-9-7-38(4)8-10-39/h5-6,11-13,15-16H,7-10,14H2,1-4H3,(H,33,40)(H,34,35)(H,36,37). The molecule has 10 nitrogen and oxygen atoms in total. The van der Waals surface area contributed by atoms with E-state index in [2.05, 4.69) is 47.3 Å². The maximum Gasteiger partial charge on any atom is 0.224 e. The Kier molecular flexibility index (Phi) is 6.46. The molecule has 206 valence electrons. The number of rotatable bonds is 5. The fraction of sp³-hybridized carbons (Fsp3) is 0.345. The van der Waals surface area contributed by atoms with Crippen LogP contribution in [-0.4, -0.2) is 74.2 Å². The van der Waals surface area contributed by atoms with E-state index in [1.165, 1.54) is 6.07 Å². The number of anilines is 2.